The smallest absolute Gasteiger partial charge is 0.471 e. The maximum Gasteiger partial charge on any atom is 0.471 e. The van der Waals surface area contributed by atoms with Gasteiger partial charge in [0.15, 0.2) is 0 Å². The van der Waals surface area contributed by atoms with Crippen molar-refractivity contribution >= 4 is 29.6 Å². The molecule has 0 spiro atoms. The predicted molar refractivity (Wildman–Crippen MR) is 138 cm³/mol. The molecule has 0 saturated carbocycles. The molecule has 0 unspecified atom stereocenters. The molecule has 11 heteroatoms. The summed E-state index contributed by atoms with van der Waals surface area (Å²) in [6, 6.07) is -1.58. The quantitative estimate of drug-likeness (QED) is 0.107. The number of ether oxygens (including phenoxy) is 1. The molecular formula is C26H42F3NO6S. The molecule has 0 heterocycles. The van der Waals surface area contributed by atoms with Gasteiger partial charge in [-0.3, -0.25) is 9.59 Å². The summed E-state index contributed by atoms with van der Waals surface area (Å²) in [4.78, 5) is 33.9. The van der Waals surface area contributed by atoms with Crippen LogP contribution in [-0.2, 0) is 19.1 Å². The lowest BCUT2D eigenvalue weighted by atomic mass is 10.1. The molecule has 0 aliphatic heterocycles. The van der Waals surface area contributed by atoms with E-state index in [9.17, 15) is 32.7 Å². The molecule has 0 aliphatic carbocycles. The van der Waals surface area contributed by atoms with Gasteiger partial charge in [-0.05, 0) is 19.3 Å². The average molecular weight is 554 g/mol. The van der Waals surface area contributed by atoms with Crippen molar-refractivity contribution in [2.75, 3.05) is 12.9 Å². The third-order valence-electron chi connectivity index (χ3n) is 5.63. The highest BCUT2D eigenvalue weighted by Crippen LogP contribution is 2.21. The summed E-state index contributed by atoms with van der Waals surface area (Å²) in [5, 5.41) is 20.2. The van der Waals surface area contributed by atoms with Crippen LogP contribution in [0.2, 0.25) is 0 Å². The highest BCUT2D eigenvalue weighted by Gasteiger charge is 2.41. The number of methoxy groups -OCH3 is 1. The number of carbonyl (C=O) groups is 3. The van der Waals surface area contributed by atoms with Crippen LogP contribution in [-0.4, -0.2) is 64.5 Å². The van der Waals surface area contributed by atoms with Gasteiger partial charge in [0, 0.05) is 18.6 Å². The second kappa shape index (κ2) is 21.1. The highest BCUT2D eigenvalue weighted by atomic mass is 32.2. The number of nitrogens with one attached hydrogen (secondary N) is 1. The topological polar surface area (TPSA) is 113 Å². The third-order valence-corrected chi connectivity index (χ3v) is 6.95. The number of alkyl halides is 3. The van der Waals surface area contributed by atoms with Crippen molar-refractivity contribution in [1.29, 1.82) is 0 Å². The lowest BCUT2D eigenvalue weighted by Gasteiger charge is -2.21. The van der Waals surface area contributed by atoms with E-state index in [0.29, 0.717) is 6.42 Å². The molecule has 0 aromatic rings. The summed E-state index contributed by atoms with van der Waals surface area (Å²) >= 11 is 0.922. The lowest BCUT2D eigenvalue weighted by molar-refractivity contribution is -0.175. The second-order valence-electron chi connectivity index (χ2n) is 8.91. The van der Waals surface area contributed by atoms with Gasteiger partial charge >= 0.3 is 24.0 Å². The molecule has 7 nitrogen and oxygen atoms in total. The largest absolute Gasteiger partial charge is 0.481 e. The molecule has 0 saturated heterocycles. The van der Waals surface area contributed by atoms with Gasteiger partial charge in [-0.1, -0.05) is 70.6 Å². The summed E-state index contributed by atoms with van der Waals surface area (Å²) in [7, 11) is 0.990. The van der Waals surface area contributed by atoms with Crippen LogP contribution in [0.4, 0.5) is 13.2 Å². The molecule has 214 valence electrons. The standard InChI is InChI=1S/C26H42F3NO6S/c1-3-4-5-6-7-8-9-10-11-12-13-14-17-22(21(31)16-15-18-23(32)33)37-19-20(24(34)36-2)30-25(35)26(27,28)29/h20-22,31H,3-13,15-16,18-19H2,1-2H3,(H,30,35)(H,32,33)/t20-,21-,22+/m1/s1. The monoisotopic (exact) mass is 553 g/mol. The first-order valence-corrected chi connectivity index (χ1v) is 14.0. The molecule has 37 heavy (non-hydrogen) atoms. The van der Waals surface area contributed by atoms with Crippen molar-refractivity contribution in [3.63, 3.8) is 0 Å². The Morgan fingerprint density at radius 2 is 1.54 bits per heavy atom. The van der Waals surface area contributed by atoms with Crippen molar-refractivity contribution in [3.8, 4) is 11.8 Å². The van der Waals surface area contributed by atoms with E-state index in [-0.39, 0.29) is 25.0 Å². The molecule has 1 amide bonds. The second-order valence-corrected chi connectivity index (χ2v) is 10.1. The van der Waals surface area contributed by atoms with Crippen molar-refractivity contribution in [1.82, 2.24) is 5.32 Å². The number of carboxylic acid groups (broad SMARTS) is 1. The van der Waals surface area contributed by atoms with E-state index in [1.807, 2.05) is 0 Å². The number of aliphatic carboxylic acids is 1. The number of carbonyl (C=O) groups excluding carboxylic acids is 2. The van der Waals surface area contributed by atoms with Crippen molar-refractivity contribution in [2.45, 2.75) is 120 Å². The maximum absolute atomic E-state index is 12.6. The van der Waals surface area contributed by atoms with Gasteiger partial charge in [-0.15, -0.1) is 17.7 Å². The Balaban J connectivity index is 4.83. The maximum atomic E-state index is 12.6. The number of aliphatic hydroxyl groups excluding tert-OH is 1. The van der Waals surface area contributed by atoms with Crippen molar-refractivity contribution < 1.29 is 42.5 Å². The van der Waals surface area contributed by atoms with Crippen molar-refractivity contribution in [2.24, 2.45) is 0 Å². The Kier molecular flexibility index (Phi) is 20.0. The van der Waals surface area contributed by atoms with E-state index in [0.717, 1.165) is 38.1 Å². The third kappa shape index (κ3) is 18.9. The fourth-order valence-electron chi connectivity index (χ4n) is 3.49. The first-order chi connectivity index (χ1) is 17.5. The summed E-state index contributed by atoms with van der Waals surface area (Å²) in [5.41, 5.74) is 0. The fraction of sp³-hybridized carbons (Fsp3) is 0.808. The number of esters is 1. The van der Waals surface area contributed by atoms with E-state index in [1.54, 1.807) is 5.32 Å². The minimum Gasteiger partial charge on any atom is -0.481 e. The minimum atomic E-state index is -5.17. The molecule has 0 rings (SSSR count). The SMILES string of the molecule is CCCCCCCCCCCCC#C[C@H](SC[C@@H](NC(=O)C(F)(F)F)C(=O)OC)[C@H](O)CCCC(=O)O. The zero-order chi connectivity index (χ0) is 28.1. The fourth-order valence-corrected chi connectivity index (χ4v) is 4.63. The number of aliphatic hydroxyl groups is 1. The number of carboxylic acids is 1. The van der Waals surface area contributed by atoms with E-state index < -0.39 is 41.4 Å². The number of rotatable bonds is 20. The number of amides is 1. The Morgan fingerprint density at radius 1 is 0.973 bits per heavy atom. The van der Waals surface area contributed by atoms with Gasteiger partial charge in [-0.25, -0.2) is 4.79 Å². The molecule has 0 fully saturated rings. The zero-order valence-electron chi connectivity index (χ0n) is 21.9. The van der Waals surface area contributed by atoms with Crippen LogP contribution in [0, 0.1) is 11.8 Å². The Morgan fingerprint density at radius 3 is 2.05 bits per heavy atom. The highest BCUT2D eigenvalue weighted by molar-refractivity contribution is 8.00. The van der Waals surface area contributed by atoms with E-state index >= 15 is 0 Å². The molecule has 0 radical (unpaired) electrons. The summed E-state index contributed by atoms with van der Waals surface area (Å²) in [6.07, 6.45) is 6.31. The minimum absolute atomic E-state index is 0.120. The number of hydrogen-bond donors (Lipinski definition) is 3. The van der Waals surface area contributed by atoms with E-state index in [2.05, 4.69) is 23.5 Å². The Hall–Kier alpha value is -1.93. The number of halogens is 3. The molecule has 3 atom stereocenters. The van der Waals surface area contributed by atoms with Gasteiger partial charge < -0.3 is 20.3 Å². The summed E-state index contributed by atoms with van der Waals surface area (Å²) in [5.74, 6) is 1.27. The number of hydrogen-bond acceptors (Lipinski definition) is 6. The van der Waals surface area contributed by atoms with Crippen LogP contribution in [0.1, 0.15) is 96.8 Å². The summed E-state index contributed by atoms with van der Waals surface area (Å²) in [6.45, 7) is 2.20. The predicted octanol–water partition coefficient (Wildman–Crippen LogP) is 5.24. The van der Waals surface area contributed by atoms with Gasteiger partial charge in [0.05, 0.1) is 18.5 Å². The van der Waals surface area contributed by atoms with Crippen LogP contribution in [0.25, 0.3) is 0 Å². The van der Waals surface area contributed by atoms with Crippen molar-refractivity contribution in [3.05, 3.63) is 0 Å². The molecule has 0 aromatic heterocycles. The van der Waals surface area contributed by atoms with Crippen LogP contribution in [0.5, 0.6) is 0 Å². The van der Waals surface area contributed by atoms with Crippen LogP contribution in [0.3, 0.4) is 0 Å². The molecule has 0 aromatic carbocycles. The van der Waals surface area contributed by atoms with Gasteiger partial charge in [0.25, 0.3) is 0 Å². The Bertz CT molecular complexity index is 723. The first-order valence-electron chi connectivity index (χ1n) is 13.0. The van der Waals surface area contributed by atoms with Gasteiger partial charge in [0.1, 0.15) is 6.04 Å². The van der Waals surface area contributed by atoms with E-state index in [4.69, 9.17) is 5.11 Å². The van der Waals surface area contributed by atoms with E-state index in [1.165, 1.54) is 44.9 Å². The van der Waals surface area contributed by atoms with Gasteiger partial charge in [0.2, 0.25) is 0 Å². The first kappa shape index (κ1) is 35.1. The Labute approximate surface area is 222 Å². The number of thioether (sulfide) groups is 1. The van der Waals surface area contributed by atoms with Crippen LogP contribution in [0.15, 0.2) is 0 Å². The van der Waals surface area contributed by atoms with Crippen LogP contribution < -0.4 is 5.32 Å². The molecule has 3 N–H and O–H groups in total. The van der Waals surface area contributed by atoms with Crippen LogP contribution >= 0.6 is 11.8 Å². The van der Waals surface area contributed by atoms with Gasteiger partial charge in [-0.2, -0.15) is 13.2 Å². The molecular weight excluding hydrogens is 511 g/mol. The lowest BCUT2D eigenvalue weighted by Crippen LogP contribution is -2.49. The molecule has 0 bridgehead atoms. The normalized spacial score (nSPS) is 13.7. The number of unbranched alkanes of at least 4 members (excludes halogenated alkanes) is 10. The zero-order valence-corrected chi connectivity index (χ0v) is 22.7. The average Bonchev–Trinajstić information content (AvgIpc) is 2.83. The molecule has 0 aliphatic rings. The summed E-state index contributed by atoms with van der Waals surface area (Å²) < 4.78 is 42.4.